The van der Waals surface area contributed by atoms with E-state index in [0.717, 1.165) is 36.9 Å². The number of hydrogen-bond donors (Lipinski definition) is 3. The van der Waals surface area contributed by atoms with Crippen LogP contribution in [0.3, 0.4) is 0 Å². The Morgan fingerprint density at radius 2 is 1.82 bits per heavy atom. The van der Waals surface area contributed by atoms with Crippen LogP contribution in [0.4, 0.5) is 14.9 Å². The Morgan fingerprint density at radius 1 is 1.05 bits per heavy atom. The molecule has 0 unspecified atom stereocenters. The van der Waals surface area contributed by atoms with Crippen molar-refractivity contribution in [3.05, 3.63) is 101 Å². The molecule has 0 radical (unpaired) electrons. The minimum Gasteiger partial charge on any atom is -0.507 e. The van der Waals surface area contributed by atoms with Crippen LogP contribution in [0.2, 0.25) is 0 Å². The summed E-state index contributed by atoms with van der Waals surface area (Å²) in [5, 5.41) is 20.8. The van der Waals surface area contributed by atoms with Crippen molar-refractivity contribution in [3.63, 3.8) is 0 Å². The monoisotopic (exact) mass is 512 g/mol. The van der Waals surface area contributed by atoms with Gasteiger partial charge in [-0.3, -0.25) is 4.79 Å². The molecule has 1 aromatic heterocycles. The van der Waals surface area contributed by atoms with E-state index in [0.29, 0.717) is 28.1 Å². The molecule has 38 heavy (non-hydrogen) atoms. The zero-order valence-electron chi connectivity index (χ0n) is 21.1. The molecule has 194 valence electrons. The summed E-state index contributed by atoms with van der Waals surface area (Å²) in [7, 11) is 0. The number of halogens is 1. The lowest BCUT2D eigenvalue weighted by Gasteiger charge is -2.25. The molecular formula is C30H29FN4O3. The minimum absolute atomic E-state index is 0.0334. The van der Waals surface area contributed by atoms with Gasteiger partial charge in [0, 0.05) is 40.9 Å². The number of anilines is 1. The molecule has 0 spiro atoms. The van der Waals surface area contributed by atoms with Gasteiger partial charge < -0.3 is 15.7 Å². The molecule has 0 saturated heterocycles. The van der Waals surface area contributed by atoms with Crippen LogP contribution >= 0.6 is 0 Å². The van der Waals surface area contributed by atoms with E-state index in [1.807, 2.05) is 18.2 Å². The minimum atomic E-state index is -0.459. The summed E-state index contributed by atoms with van der Waals surface area (Å²) in [5.74, 6) is -0.540. The number of hydrogen-bond acceptors (Lipinski definition) is 4. The van der Waals surface area contributed by atoms with Gasteiger partial charge in [0.15, 0.2) is 0 Å². The number of aromatic nitrogens is 2. The summed E-state index contributed by atoms with van der Waals surface area (Å²) in [6.45, 7) is 2.08. The fourth-order valence-electron chi connectivity index (χ4n) is 4.49. The largest absolute Gasteiger partial charge is 0.507 e. The molecule has 0 atom stereocenters. The summed E-state index contributed by atoms with van der Waals surface area (Å²) in [4.78, 5) is 25.7. The number of aromatic hydroxyl groups is 1. The number of nitrogens with zero attached hydrogens (tertiary/aromatic N) is 2. The summed E-state index contributed by atoms with van der Waals surface area (Å²) in [5.41, 5.74) is 4.13. The van der Waals surface area contributed by atoms with Gasteiger partial charge in [0.2, 0.25) is 0 Å². The summed E-state index contributed by atoms with van der Waals surface area (Å²) in [6, 6.07) is 19.8. The maximum absolute atomic E-state index is 14.0. The number of aryl methyl sites for hydroxylation is 1. The van der Waals surface area contributed by atoms with Crippen molar-refractivity contribution in [2.45, 2.75) is 45.1 Å². The molecule has 5 rings (SSSR count). The van der Waals surface area contributed by atoms with Crippen molar-refractivity contribution < 1.29 is 19.1 Å². The predicted octanol–water partition coefficient (Wildman–Crippen LogP) is 6.23. The first-order valence-corrected chi connectivity index (χ1v) is 12.8. The van der Waals surface area contributed by atoms with Gasteiger partial charge in [0.1, 0.15) is 11.6 Å². The smallest absolute Gasteiger partial charge is 0.342 e. The van der Waals surface area contributed by atoms with Crippen molar-refractivity contribution in [1.29, 1.82) is 0 Å². The van der Waals surface area contributed by atoms with Crippen molar-refractivity contribution in [1.82, 2.24) is 15.1 Å². The Kier molecular flexibility index (Phi) is 7.22. The molecule has 7 nitrogen and oxygen atoms in total. The van der Waals surface area contributed by atoms with Crippen molar-refractivity contribution in [2.75, 3.05) is 5.32 Å². The number of amides is 2. The van der Waals surface area contributed by atoms with E-state index in [1.54, 1.807) is 42.5 Å². The lowest BCUT2D eigenvalue weighted by Crippen LogP contribution is -2.31. The first kappa shape index (κ1) is 25.2. The molecule has 3 N–H and O–H groups in total. The van der Waals surface area contributed by atoms with Crippen LogP contribution in [0, 0.1) is 5.82 Å². The third-order valence-electron chi connectivity index (χ3n) is 7.00. The van der Waals surface area contributed by atoms with Crippen LogP contribution in [0.1, 0.15) is 59.3 Å². The van der Waals surface area contributed by atoms with E-state index in [2.05, 4.69) is 22.7 Å². The number of carbonyl (C=O) groups is 2. The van der Waals surface area contributed by atoms with Crippen molar-refractivity contribution in [2.24, 2.45) is 0 Å². The number of phenolic OH excluding ortho intramolecular Hbond substituents is 1. The summed E-state index contributed by atoms with van der Waals surface area (Å²) < 4.78 is 15.3. The lowest BCUT2D eigenvalue weighted by atomic mass is 9.82. The normalized spacial score (nSPS) is 13.1. The average molecular weight is 513 g/mol. The first-order chi connectivity index (χ1) is 18.4. The molecule has 1 saturated carbocycles. The molecular weight excluding hydrogens is 483 g/mol. The second-order valence-electron chi connectivity index (χ2n) is 9.48. The van der Waals surface area contributed by atoms with Gasteiger partial charge in [0.05, 0.1) is 11.4 Å². The Bertz CT molecular complexity index is 1480. The Balaban J connectivity index is 1.35. The number of rotatable bonds is 7. The molecule has 8 heteroatoms. The van der Waals surface area contributed by atoms with Gasteiger partial charge in [0.25, 0.3) is 5.91 Å². The number of nitrogens with one attached hydrogen (secondary N) is 2. The molecule has 4 aromatic rings. The van der Waals surface area contributed by atoms with Gasteiger partial charge in [-0.25, -0.2) is 9.18 Å². The maximum Gasteiger partial charge on any atom is 0.342 e. The van der Waals surface area contributed by atoms with Crippen molar-refractivity contribution >= 4 is 17.6 Å². The number of carbonyl (C=O) groups excluding carboxylic acids is 2. The highest BCUT2D eigenvalue weighted by atomic mass is 19.1. The highest BCUT2D eigenvalue weighted by molar-refractivity contribution is 6.04. The van der Waals surface area contributed by atoms with Crippen LogP contribution in [0.25, 0.3) is 11.3 Å². The van der Waals surface area contributed by atoms with E-state index in [4.69, 9.17) is 0 Å². The van der Waals surface area contributed by atoms with Crippen molar-refractivity contribution in [3.8, 4) is 17.0 Å². The third kappa shape index (κ3) is 5.29. The van der Waals surface area contributed by atoms with Crippen LogP contribution in [0.15, 0.2) is 72.8 Å². The molecule has 1 fully saturated rings. The van der Waals surface area contributed by atoms with E-state index in [9.17, 15) is 19.1 Å². The van der Waals surface area contributed by atoms with E-state index in [-0.39, 0.29) is 29.9 Å². The first-order valence-electron chi connectivity index (χ1n) is 12.8. The topological polar surface area (TPSA) is 96.3 Å². The summed E-state index contributed by atoms with van der Waals surface area (Å²) in [6.07, 6.45) is 3.86. The maximum atomic E-state index is 14.0. The zero-order chi connectivity index (χ0) is 26.6. The molecule has 1 heterocycles. The van der Waals surface area contributed by atoms with E-state index in [1.165, 1.54) is 16.8 Å². The van der Waals surface area contributed by atoms with Gasteiger partial charge in [-0.2, -0.15) is 9.78 Å². The van der Waals surface area contributed by atoms with Crippen LogP contribution in [0.5, 0.6) is 5.75 Å². The SMILES string of the molecule is CCc1ccc(C(=O)Nc2ccc(-c3cc(C4CCC4)n(C(=O)NCc4ccccc4F)n3)c(O)c2)cc1. The second-order valence-corrected chi connectivity index (χ2v) is 9.48. The van der Waals surface area contributed by atoms with E-state index < -0.39 is 6.03 Å². The quantitative estimate of drug-likeness (QED) is 0.273. The average Bonchev–Trinajstić information content (AvgIpc) is 3.31. The molecule has 2 amide bonds. The number of benzene rings is 3. The Hall–Kier alpha value is -4.46. The zero-order valence-corrected chi connectivity index (χ0v) is 21.1. The lowest BCUT2D eigenvalue weighted by molar-refractivity contribution is 0.102. The highest BCUT2D eigenvalue weighted by Crippen LogP contribution is 2.39. The van der Waals surface area contributed by atoms with Gasteiger partial charge >= 0.3 is 6.03 Å². The molecule has 1 aliphatic carbocycles. The second kappa shape index (κ2) is 10.9. The van der Waals surface area contributed by atoms with Crippen LogP contribution in [-0.2, 0) is 13.0 Å². The molecule has 0 bridgehead atoms. The predicted molar refractivity (Wildman–Crippen MR) is 144 cm³/mol. The van der Waals surface area contributed by atoms with Gasteiger partial charge in [-0.15, -0.1) is 0 Å². The highest BCUT2D eigenvalue weighted by Gasteiger charge is 2.27. The third-order valence-corrected chi connectivity index (χ3v) is 7.00. The van der Waals surface area contributed by atoms with Gasteiger partial charge in [-0.05, 0) is 61.2 Å². The fourth-order valence-corrected chi connectivity index (χ4v) is 4.49. The Morgan fingerprint density at radius 3 is 2.47 bits per heavy atom. The van der Waals surface area contributed by atoms with E-state index >= 15 is 0 Å². The molecule has 0 aliphatic heterocycles. The van der Waals surface area contributed by atoms with Gasteiger partial charge in [-0.1, -0.05) is 43.7 Å². The van der Waals surface area contributed by atoms with Crippen LogP contribution in [-0.4, -0.2) is 26.8 Å². The molecule has 1 aliphatic rings. The molecule has 3 aromatic carbocycles. The Labute approximate surface area is 220 Å². The standard InChI is InChI=1S/C30H29FN4O3/c1-2-19-10-12-21(13-11-19)29(37)33-23-14-15-24(28(36)16-23)26-17-27(20-7-5-8-20)35(34-26)30(38)32-18-22-6-3-4-9-25(22)31/h3-4,6,9-17,20,36H,2,5,7-8,18H2,1H3,(H,32,38)(H,33,37). The number of phenols is 1. The fraction of sp³-hybridized carbons (Fsp3) is 0.233. The van der Waals surface area contributed by atoms with Crippen LogP contribution < -0.4 is 10.6 Å². The summed E-state index contributed by atoms with van der Waals surface area (Å²) >= 11 is 0.